The molecule has 1 saturated carbocycles. The molecule has 21 heavy (non-hydrogen) atoms. The van der Waals surface area contributed by atoms with Crippen LogP contribution in [-0.4, -0.2) is 19.2 Å². The number of nitro groups is 1. The van der Waals surface area contributed by atoms with Crippen molar-refractivity contribution in [2.24, 2.45) is 5.92 Å². The van der Waals surface area contributed by atoms with Crippen molar-refractivity contribution >= 4 is 32.3 Å². The molecule has 1 amide bonds. The standard InChI is InChI=1S/C11H15N3O5S2/c1-7-6-9(11(20-7)14(16)17)21(18,19)13-12-10(15)8-4-2-3-5-8/h6,8,13H,2-5H2,1H3,(H,12,15). The Morgan fingerprint density at radius 1 is 1.43 bits per heavy atom. The third-order valence-corrected chi connectivity index (χ3v) is 5.69. The summed E-state index contributed by atoms with van der Waals surface area (Å²) in [6.07, 6.45) is 3.34. The lowest BCUT2D eigenvalue weighted by atomic mass is 10.1. The predicted octanol–water partition coefficient (Wildman–Crippen LogP) is 1.46. The van der Waals surface area contributed by atoms with Crippen LogP contribution in [0.1, 0.15) is 30.6 Å². The van der Waals surface area contributed by atoms with E-state index in [9.17, 15) is 23.3 Å². The van der Waals surface area contributed by atoms with Crippen LogP contribution >= 0.6 is 11.3 Å². The van der Waals surface area contributed by atoms with Crippen molar-refractivity contribution in [3.8, 4) is 0 Å². The summed E-state index contributed by atoms with van der Waals surface area (Å²) in [5, 5.41) is 10.4. The topological polar surface area (TPSA) is 118 Å². The van der Waals surface area contributed by atoms with Crippen molar-refractivity contribution in [1.29, 1.82) is 0 Å². The number of rotatable bonds is 5. The lowest BCUT2D eigenvalue weighted by molar-refractivity contribution is -0.383. The van der Waals surface area contributed by atoms with Crippen LogP contribution in [0.5, 0.6) is 0 Å². The Kier molecular flexibility index (Phi) is 4.59. The zero-order valence-corrected chi connectivity index (χ0v) is 12.9. The molecule has 1 aromatic rings. The summed E-state index contributed by atoms with van der Waals surface area (Å²) in [7, 11) is -4.15. The van der Waals surface area contributed by atoms with Gasteiger partial charge in [0.25, 0.3) is 10.0 Å². The smallest absolute Gasteiger partial charge is 0.277 e. The maximum absolute atomic E-state index is 12.1. The molecule has 0 aromatic carbocycles. The van der Waals surface area contributed by atoms with E-state index in [-0.39, 0.29) is 5.92 Å². The first kappa shape index (κ1) is 15.9. The highest BCUT2D eigenvalue weighted by molar-refractivity contribution is 7.89. The Morgan fingerprint density at radius 2 is 2.05 bits per heavy atom. The molecule has 1 heterocycles. The van der Waals surface area contributed by atoms with Crippen LogP contribution in [-0.2, 0) is 14.8 Å². The second-order valence-electron chi connectivity index (χ2n) is 4.86. The van der Waals surface area contributed by atoms with Gasteiger partial charge in [-0.05, 0) is 25.8 Å². The molecule has 10 heteroatoms. The Morgan fingerprint density at radius 3 is 2.62 bits per heavy atom. The minimum Gasteiger partial charge on any atom is -0.277 e. The van der Waals surface area contributed by atoms with Gasteiger partial charge in [-0.3, -0.25) is 20.3 Å². The van der Waals surface area contributed by atoms with Gasteiger partial charge in [0.15, 0.2) is 4.90 Å². The number of hydrogen-bond donors (Lipinski definition) is 2. The van der Waals surface area contributed by atoms with Crippen molar-refractivity contribution in [2.75, 3.05) is 0 Å². The van der Waals surface area contributed by atoms with Gasteiger partial charge in [-0.1, -0.05) is 24.2 Å². The number of sulfonamides is 1. The number of aryl methyl sites for hydroxylation is 1. The van der Waals surface area contributed by atoms with Crippen molar-refractivity contribution in [1.82, 2.24) is 10.3 Å². The minimum absolute atomic E-state index is 0.202. The molecule has 2 rings (SSSR count). The highest BCUT2D eigenvalue weighted by Crippen LogP contribution is 2.32. The molecule has 0 aliphatic heterocycles. The lowest BCUT2D eigenvalue weighted by Gasteiger charge is -2.11. The molecule has 0 spiro atoms. The molecular weight excluding hydrogens is 318 g/mol. The monoisotopic (exact) mass is 333 g/mol. The molecule has 8 nitrogen and oxygen atoms in total. The van der Waals surface area contributed by atoms with E-state index in [4.69, 9.17) is 0 Å². The summed E-state index contributed by atoms with van der Waals surface area (Å²) in [5.41, 5.74) is 2.14. The SMILES string of the molecule is Cc1cc(S(=O)(=O)NNC(=O)C2CCCC2)c([N+](=O)[O-])s1. The fourth-order valence-electron chi connectivity index (χ4n) is 2.26. The van der Waals surface area contributed by atoms with Crippen LogP contribution in [0.3, 0.4) is 0 Å². The summed E-state index contributed by atoms with van der Waals surface area (Å²) in [6.45, 7) is 1.58. The number of thiophene rings is 1. The molecule has 1 aromatic heterocycles. The van der Waals surface area contributed by atoms with Gasteiger partial charge < -0.3 is 0 Å². The largest absolute Gasteiger partial charge is 0.344 e. The number of nitrogens with one attached hydrogen (secondary N) is 2. The molecule has 0 bridgehead atoms. The number of carbonyl (C=O) groups excluding carboxylic acids is 1. The fraction of sp³-hybridized carbons (Fsp3) is 0.545. The van der Waals surface area contributed by atoms with E-state index in [1.54, 1.807) is 6.92 Å². The maximum Gasteiger partial charge on any atom is 0.344 e. The van der Waals surface area contributed by atoms with Crippen molar-refractivity contribution in [3.63, 3.8) is 0 Å². The fourth-order valence-corrected chi connectivity index (χ4v) is 4.49. The van der Waals surface area contributed by atoms with Crippen LogP contribution in [0.2, 0.25) is 0 Å². The van der Waals surface area contributed by atoms with Crippen molar-refractivity contribution < 1.29 is 18.1 Å². The molecule has 1 fully saturated rings. The van der Waals surface area contributed by atoms with Crippen LogP contribution < -0.4 is 10.3 Å². The molecule has 0 atom stereocenters. The highest BCUT2D eigenvalue weighted by atomic mass is 32.2. The summed E-state index contributed by atoms with van der Waals surface area (Å²) in [5.74, 6) is -0.599. The third-order valence-electron chi connectivity index (χ3n) is 3.29. The third kappa shape index (κ3) is 3.57. The van der Waals surface area contributed by atoms with Crippen LogP contribution in [0, 0.1) is 23.0 Å². The molecular formula is C11H15N3O5S2. The number of amides is 1. The van der Waals surface area contributed by atoms with Gasteiger partial charge in [0.05, 0.1) is 4.92 Å². The van der Waals surface area contributed by atoms with E-state index in [2.05, 4.69) is 5.43 Å². The summed E-state index contributed by atoms with van der Waals surface area (Å²) in [4.78, 5) is 23.9. The Balaban J connectivity index is 2.11. The normalized spacial score (nSPS) is 16.0. The number of hydrazine groups is 1. The summed E-state index contributed by atoms with van der Waals surface area (Å²) >= 11 is 0.778. The first-order chi connectivity index (χ1) is 9.81. The average Bonchev–Trinajstić information content (AvgIpc) is 3.04. The first-order valence-corrected chi connectivity index (χ1v) is 8.67. The minimum atomic E-state index is -4.15. The van der Waals surface area contributed by atoms with Crippen LogP contribution in [0.15, 0.2) is 11.0 Å². The highest BCUT2D eigenvalue weighted by Gasteiger charge is 2.30. The van der Waals surface area contributed by atoms with Gasteiger partial charge in [-0.25, -0.2) is 8.42 Å². The Hall–Kier alpha value is -1.52. The second kappa shape index (κ2) is 6.08. The molecule has 0 unspecified atom stereocenters. The van der Waals surface area contributed by atoms with Gasteiger partial charge in [-0.2, -0.15) is 0 Å². The van der Waals surface area contributed by atoms with Gasteiger partial charge >= 0.3 is 5.00 Å². The van der Waals surface area contributed by atoms with E-state index >= 15 is 0 Å². The van der Waals surface area contributed by atoms with Crippen LogP contribution in [0.25, 0.3) is 0 Å². The molecule has 0 radical (unpaired) electrons. The molecule has 116 valence electrons. The average molecular weight is 333 g/mol. The van der Waals surface area contributed by atoms with Crippen molar-refractivity contribution in [3.05, 3.63) is 21.1 Å². The van der Waals surface area contributed by atoms with Crippen molar-refractivity contribution in [2.45, 2.75) is 37.5 Å². The maximum atomic E-state index is 12.1. The van der Waals surface area contributed by atoms with Gasteiger partial charge in [0, 0.05) is 10.8 Å². The Bertz CT molecular complexity index is 661. The zero-order valence-electron chi connectivity index (χ0n) is 11.3. The van der Waals surface area contributed by atoms with Gasteiger partial charge in [-0.15, -0.1) is 4.83 Å². The lowest BCUT2D eigenvalue weighted by Crippen LogP contribution is -2.44. The van der Waals surface area contributed by atoms with E-state index in [1.165, 1.54) is 6.07 Å². The van der Waals surface area contributed by atoms with E-state index in [0.717, 1.165) is 37.0 Å². The number of nitrogens with zero attached hydrogens (tertiary/aromatic N) is 1. The zero-order chi connectivity index (χ0) is 15.6. The van der Waals surface area contributed by atoms with Gasteiger partial charge in [0.2, 0.25) is 5.91 Å². The van der Waals surface area contributed by atoms with E-state index < -0.39 is 30.8 Å². The second-order valence-corrected chi connectivity index (χ2v) is 7.75. The molecule has 0 saturated heterocycles. The summed E-state index contributed by atoms with van der Waals surface area (Å²) < 4.78 is 24.1. The van der Waals surface area contributed by atoms with E-state index in [1.807, 2.05) is 4.83 Å². The quantitative estimate of drug-likeness (QED) is 0.624. The molecule has 1 aliphatic carbocycles. The first-order valence-electron chi connectivity index (χ1n) is 6.38. The number of carbonyl (C=O) groups is 1. The molecule has 1 aliphatic rings. The van der Waals surface area contributed by atoms with Crippen LogP contribution in [0.4, 0.5) is 5.00 Å². The Labute approximate surface area is 125 Å². The van der Waals surface area contributed by atoms with E-state index in [0.29, 0.717) is 4.88 Å². The predicted molar refractivity (Wildman–Crippen MR) is 76.1 cm³/mol. The number of hydrogen-bond acceptors (Lipinski definition) is 6. The van der Waals surface area contributed by atoms with Gasteiger partial charge in [0.1, 0.15) is 0 Å². The summed E-state index contributed by atoms with van der Waals surface area (Å²) in [6, 6.07) is 1.22. The molecule has 2 N–H and O–H groups in total.